The van der Waals surface area contributed by atoms with E-state index >= 15 is 0 Å². The monoisotopic (exact) mass is 532 g/mol. The number of hydrogen-bond donors (Lipinski definition) is 0. The number of rotatable bonds is 9. The molecule has 0 saturated heterocycles. The predicted octanol–water partition coefficient (Wildman–Crippen LogP) is 10.2. The number of para-hydroxylation sites is 2. The summed E-state index contributed by atoms with van der Waals surface area (Å²) in [6.07, 6.45) is 5.01. The van der Waals surface area contributed by atoms with E-state index in [0.717, 1.165) is 33.6 Å². The first-order valence-electron chi connectivity index (χ1n) is 13.5. The van der Waals surface area contributed by atoms with Crippen molar-refractivity contribution < 1.29 is 0 Å². The van der Waals surface area contributed by atoms with Crippen LogP contribution in [-0.4, -0.2) is 21.5 Å². The van der Waals surface area contributed by atoms with Crippen molar-refractivity contribution in [1.82, 2.24) is 9.97 Å². The largest absolute Gasteiger partial charge is 0.248 e. The average molecular weight is 533 g/mol. The zero-order chi connectivity index (χ0) is 25.9. The first-order valence-corrected chi connectivity index (χ1v) is 15.5. The number of fused-ring (bicyclic) bond motifs is 4. The van der Waals surface area contributed by atoms with Gasteiger partial charge in [0.2, 0.25) is 0 Å². The molecular weight excluding hydrogens is 501 g/mol. The van der Waals surface area contributed by atoms with Crippen molar-refractivity contribution in [2.24, 2.45) is 0 Å². The summed E-state index contributed by atoms with van der Waals surface area (Å²) in [6, 6.07) is 30.4. The van der Waals surface area contributed by atoms with Crippen LogP contribution in [0, 0.1) is 13.8 Å². The number of nitrogens with zero attached hydrogens (tertiary/aromatic N) is 2. The average Bonchev–Trinajstić information content (AvgIpc) is 2.93. The normalized spacial score (nSPS) is 11.7. The molecule has 38 heavy (non-hydrogen) atoms. The third kappa shape index (κ3) is 5.25. The van der Waals surface area contributed by atoms with E-state index in [2.05, 4.69) is 98.8 Å². The fourth-order valence-electron chi connectivity index (χ4n) is 5.15. The third-order valence-corrected chi connectivity index (χ3v) is 9.55. The molecule has 2 heterocycles. The lowest BCUT2D eigenvalue weighted by Gasteiger charge is -2.12. The van der Waals surface area contributed by atoms with Gasteiger partial charge in [-0.3, -0.25) is 0 Å². The van der Waals surface area contributed by atoms with Crippen molar-refractivity contribution in [2.45, 2.75) is 49.3 Å². The highest BCUT2D eigenvalue weighted by Crippen LogP contribution is 2.36. The molecule has 4 aromatic carbocycles. The molecule has 4 heteroatoms. The fourth-order valence-corrected chi connectivity index (χ4v) is 7.55. The van der Waals surface area contributed by atoms with Gasteiger partial charge in [-0.1, -0.05) is 72.5 Å². The summed E-state index contributed by atoms with van der Waals surface area (Å²) in [5.41, 5.74) is 6.96. The van der Waals surface area contributed by atoms with Gasteiger partial charge in [-0.25, -0.2) is 9.97 Å². The Labute approximate surface area is 233 Å². The Morgan fingerprint density at radius 3 is 1.37 bits per heavy atom. The summed E-state index contributed by atoms with van der Waals surface area (Å²) in [6.45, 7) is 4.33. The summed E-state index contributed by atoms with van der Waals surface area (Å²) in [5, 5.41) is 5.13. The summed E-state index contributed by atoms with van der Waals surface area (Å²) in [4.78, 5) is 12.6. The molecule has 0 fully saturated rings. The summed E-state index contributed by atoms with van der Waals surface area (Å²) >= 11 is 4.00. The minimum atomic E-state index is 1.09. The lowest BCUT2D eigenvalue weighted by molar-refractivity contribution is 0.711. The van der Waals surface area contributed by atoms with Crippen LogP contribution in [0.5, 0.6) is 0 Å². The van der Waals surface area contributed by atoms with E-state index in [9.17, 15) is 0 Å². The van der Waals surface area contributed by atoms with Crippen LogP contribution in [0.15, 0.2) is 94.7 Å². The zero-order valence-electron chi connectivity index (χ0n) is 22.0. The molecule has 0 spiro atoms. The van der Waals surface area contributed by atoms with Crippen molar-refractivity contribution in [1.29, 1.82) is 0 Å². The Bertz CT molecular complexity index is 1630. The highest BCUT2D eigenvalue weighted by molar-refractivity contribution is 8.00. The van der Waals surface area contributed by atoms with E-state index in [1.54, 1.807) is 0 Å². The van der Waals surface area contributed by atoms with E-state index in [4.69, 9.17) is 9.97 Å². The second-order valence-electron chi connectivity index (χ2n) is 10.1. The molecule has 0 atom stereocenters. The van der Waals surface area contributed by atoms with Gasteiger partial charge in [0, 0.05) is 31.3 Å². The molecule has 6 aromatic rings. The molecule has 0 saturated carbocycles. The van der Waals surface area contributed by atoms with Gasteiger partial charge < -0.3 is 0 Å². The van der Waals surface area contributed by atoms with E-state index in [0.29, 0.717) is 0 Å². The number of unbranched alkanes of at least 4 members (excludes halogenated alkanes) is 3. The molecule has 0 amide bonds. The first kappa shape index (κ1) is 25.2. The Morgan fingerprint density at radius 2 is 0.895 bits per heavy atom. The standard InChI is InChI=1S/C34H32N2S2/c1-23-15-17-31-27(21-23)33(25-11-5-7-13-29(25)35-31)37-19-9-3-4-10-20-38-34-26-12-6-8-14-30(26)36-32-18-16-24(2)22-28(32)34/h5-8,11-18,21-22H,3-4,9-10,19-20H2,1-2H3. The van der Waals surface area contributed by atoms with Gasteiger partial charge in [-0.2, -0.15) is 0 Å². The van der Waals surface area contributed by atoms with Crippen LogP contribution in [0.1, 0.15) is 36.8 Å². The molecule has 6 rings (SSSR count). The van der Waals surface area contributed by atoms with Crippen LogP contribution in [0.25, 0.3) is 43.6 Å². The second kappa shape index (κ2) is 11.3. The maximum Gasteiger partial charge on any atom is 0.0721 e. The van der Waals surface area contributed by atoms with Crippen LogP contribution in [-0.2, 0) is 0 Å². The third-order valence-electron chi connectivity index (χ3n) is 7.10. The summed E-state index contributed by atoms with van der Waals surface area (Å²) < 4.78 is 0. The Morgan fingerprint density at radius 1 is 0.474 bits per heavy atom. The minimum Gasteiger partial charge on any atom is -0.248 e. The van der Waals surface area contributed by atoms with Gasteiger partial charge in [0.1, 0.15) is 0 Å². The van der Waals surface area contributed by atoms with Crippen molar-refractivity contribution >= 4 is 67.1 Å². The Hall–Kier alpha value is -3.08. The van der Waals surface area contributed by atoms with Gasteiger partial charge >= 0.3 is 0 Å². The van der Waals surface area contributed by atoms with Crippen molar-refractivity contribution in [3.05, 3.63) is 96.1 Å². The van der Waals surface area contributed by atoms with Gasteiger partial charge in [-0.15, -0.1) is 23.5 Å². The molecule has 0 bridgehead atoms. The molecule has 190 valence electrons. The highest BCUT2D eigenvalue weighted by atomic mass is 32.2. The van der Waals surface area contributed by atoms with Gasteiger partial charge in [0.15, 0.2) is 0 Å². The maximum atomic E-state index is 4.91. The first-order chi connectivity index (χ1) is 18.7. The lowest BCUT2D eigenvalue weighted by atomic mass is 10.1. The topological polar surface area (TPSA) is 25.8 Å². The Kier molecular flexibility index (Phi) is 7.53. The predicted molar refractivity (Wildman–Crippen MR) is 168 cm³/mol. The number of benzene rings is 4. The quantitative estimate of drug-likeness (QED) is 0.105. The molecule has 0 aliphatic rings. The molecule has 0 N–H and O–H groups in total. The van der Waals surface area contributed by atoms with Crippen LogP contribution < -0.4 is 0 Å². The van der Waals surface area contributed by atoms with Crippen LogP contribution in [0.2, 0.25) is 0 Å². The number of aryl methyl sites for hydroxylation is 2. The molecule has 0 aliphatic carbocycles. The summed E-state index contributed by atoms with van der Waals surface area (Å²) in [5.74, 6) is 2.28. The summed E-state index contributed by atoms with van der Waals surface area (Å²) in [7, 11) is 0. The van der Waals surface area contributed by atoms with E-state index in [1.807, 2.05) is 23.5 Å². The molecule has 0 radical (unpaired) electrons. The maximum absolute atomic E-state index is 4.91. The van der Waals surface area contributed by atoms with Gasteiger partial charge in [0.25, 0.3) is 0 Å². The second-order valence-corrected chi connectivity index (χ2v) is 12.3. The van der Waals surface area contributed by atoms with Crippen molar-refractivity contribution in [3.8, 4) is 0 Å². The number of aromatic nitrogens is 2. The number of thioether (sulfide) groups is 2. The molecule has 2 aromatic heterocycles. The Balaban J connectivity index is 1.07. The van der Waals surface area contributed by atoms with E-state index in [1.165, 1.54) is 68.1 Å². The highest BCUT2D eigenvalue weighted by Gasteiger charge is 2.11. The van der Waals surface area contributed by atoms with Crippen molar-refractivity contribution in [2.75, 3.05) is 11.5 Å². The van der Waals surface area contributed by atoms with Gasteiger partial charge in [-0.05, 0) is 74.6 Å². The fraction of sp³-hybridized carbons (Fsp3) is 0.235. The lowest BCUT2D eigenvalue weighted by Crippen LogP contribution is -1.91. The number of hydrogen-bond acceptors (Lipinski definition) is 4. The van der Waals surface area contributed by atoms with Crippen molar-refractivity contribution in [3.63, 3.8) is 0 Å². The SMILES string of the molecule is Cc1ccc2nc3ccccc3c(SCCCCCCSc3c4ccccc4nc4ccc(C)cc34)c2c1. The molecule has 0 unspecified atom stereocenters. The number of pyridine rings is 2. The van der Waals surface area contributed by atoms with Gasteiger partial charge in [0.05, 0.1) is 22.1 Å². The van der Waals surface area contributed by atoms with Crippen LogP contribution in [0.3, 0.4) is 0 Å². The van der Waals surface area contributed by atoms with E-state index < -0.39 is 0 Å². The smallest absolute Gasteiger partial charge is 0.0721 e. The zero-order valence-corrected chi connectivity index (χ0v) is 23.7. The molecule has 2 nitrogen and oxygen atoms in total. The van der Waals surface area contributed by atoms with Crippen LogP contribution >= 0.6 is 23.5 Å². The molecule has 0 aliphatic heterocycles. The van der Waals surface area contributed by atoms with Crippen LogP contribution in [0.4, 0.5) is 0 Å². The van der Waals surface area contributed by atoms with E-state index in [-0.39, 0.29) is 0 Å². The molecular formula is C34H32N2S2. The minimum absolute atomic E-state index is 1.09.